The normalized spacial score (nSPS) is 15.0. The number of nitrogens with one attached hydrogen (secondary N) is 1. The molecule has 24 heavy (non-hydrogen) atoms. The van der Waals surface area contributed by atoms with Crippen LogP contribution in [0.2, 0.25) is 0 Å². The molecule has 1 aromatic heterocycles. The van der Waals surface area contributed by atoms with Crippen molar-refractivity contribution in [2.24, 2.45) is 5.92 Å². The summed E-state index contributed by atoms with van der Waals surface area (Å²) in [5, 5.41) is 16.0. The van der Waals surface area contributed by atoms with E-state index in [9.17, 15) is 9.59 Å². The molecule has 0 saturated heterocycles. The number of carbonyl (C=O) groups excluding carboxylic acids is 1. The Kier molecular flexibility index (Phi) is 4.64. The Bertz CT molecular complexity index is 735. The van der Waals surface area contributed by atoms with Crippen LogP contribution in [0.5, 0.6) is 0 Å². The van der Waals surface area contributed by atoms with Crippen LogP contribution in [0.15, 0.2) is 36.5 Å². The lowest BCUT2D eigenvalue weighted by atomic mass is 10.1. The van der Waals surface area contributed by atoms with Crippen molar-refractivity contribution in [3.05, 3.63) is 47.8 Å². The van der Waals surface area contributed by atoms with Crippen molar-refractivity contribution in [3.63, 3.8) is 0 Å². The topological polar surface area (TPSA) is 84.2 Å². The van der Waals surface area contributed by atoms with Crippen LogP contribution in [0.1, 0.15) is 48.2 Å². The first-order chi connectivity index (χ1) is 11.6. The lowest BCUT2D eigenvalue weighted by molar-refractivity contribution is -0.137. The Morgan fingerprint density at radius 3 is 2.67 bits per heavy atom. The van der Waals surface area contributed by atoms with Gasteiger partial charge >= 0.3 is 5.97 Å². The second kappa shape index (κ2) is 6.86. The van der Waals surface area contributed by atoms with E-state index in [0.29, 0.717) is 18.0 Å². The molecule has 1 heterocycles. The quantitative estimate of drug-likeness (QED) is 0.818. The van der Waals surface area contributed by atoms with Crippen molar-refractivity contribution >= 4 is 11.9 Å². The molecule has 1 saturated carbocycles. The average Bonchev–Trinajstić information content (AvgIpc) is 3.31. The molecule has 1 atom stereocenters. The summed E-state index contributed by atoms with van der Waals surface area (Å²) < 4.78 is 1.84. The van der Waals surface area contributed by atoms with E-state index in [0.717, 1.165) is 24.2 Å². The van der Waals surface area contributed by atoms with E-state index in [2.05, 4.69) is 10.4 Å². The maximum atomic E-state index is 12.5. The van der Waals surface area contributed by atoms with Crippen LogP contribution in [-0.2, 0) is 4.79 Å². The van der Waals surface area contributed by atoms with E-state index >= 15 is 0 Å². The summed E-state index contributed by atoms with van der Waals surface area (Å²) in [5.74, 6) is -0.784. The van der Waals surface area contributed by atoms with Crippen LogP contribution in [0.3, 0.4) is 0 Å². The maximum absolute atomic E-state index is 12.5. The van der Waals surface area contributed by atoms with Gasteiger partial charge in [-0.25, -0.2) is 4.68 Å². The van der Waals surface area contributed by atoms with Crippen LogP contribution >= 0.6 is 0 Å². The van der Waals surface area contributed by atoms with Gasteiger partial charge in [-0.15, -0.1) is 0 Å². The van der Waals surface area contributed by atoms with Gasteiger partial charge in [-0.1, -0.05) is 25.1 Å². The smallest absolute Gasteiger partial charge is 0.303 e. The molecular weight excluding hydrogens is 306 g/mol. The minimum atomic E-state index is -0.854. The first-order valence-corrected chi connectivity index (χ1v) is 8.19. The molecule has 1 aliphatic carbocycles. The number of hydrogen-bond donors (Lipinski definition) is 2. The fraction of sp³-hybridized carbons (Fsp3) is 0.389. The highest BCUT2D eigenvalue weighted by Crippen LogP contribution is 2.42. The molecule has 6 nitrogen and oxygen atoms in total. The highest BCUT2D eigenvalue weighted by molar-refractivity contribution is 5.95. The highest BCUT2D eigenvalue weighted by Gasteiger charge is 2.32. The van der Waals surface area contributed by atoms with Gasteiger partial charge in [0.05, 0.1) is 23.1 Å². The lowest BCUT2D eigenvalue weighted by Crippen LogP contribution is -2.29. The summed E-state index contributed by atoms with van der Waals surface area (Å²) >= 11 is 0. The fourth-order valence-electron chi connectivity index (χ4n) is 2.79. The number of para-hydroxylation sites is 1. The van der Waals surface area contributed by atoms with Crippen molar-refractivity contribution in [3.8, 4) is 5.69 Å². The molecule has 0 spiro atoms. The molecule has 1 aromatic carbocycles. The number of carboxylic acids is 1. The Morgan fingerprint density at radius 2 is 2.04 bits per heavy atom. The van der Waals surface area contributed by atoms with Crippen LogP contribution in [-0.4, -0.2) is 33.3 Å². The predicted octanol–water partition coefficient (Wildman–Crippen LogP) is 2.59. The third-order valence-corrected chi connectivity index (χ3v) is 4.15. The van der Waals surface area contributed by atoms with Crippen molar-refractivity contribution in [1.29, 1.82) is 0 Å². The number of aromatic nitrogens is 2. The van der Waals surface area contributed by atoms with E-state index in [-0.39, 0.29) is 18.2 Å². The maximum Gasteiger partial charge on any atom is 0.303 e. The van der Waals surface area contributed by atoms with E-state index in [1.165, 1.54) is 0 Å². The van der Waals surface area contributed by atoms with Crippen LogP contribution in [0.4, 0.5) is 0 Å². The molecule has 2 aromatic rings. The summed E-state index contributed by atoms with van der Waals surface area (Å²) in [6.45, 7) is 2.15. The number of nitrogens with zero attached hydrogens (tertiary/aromatic N) is 2. The largest absolute Gasteiger partial charge is 0.481 e. The standard InChI is InChI=1S/C18H21N3O3/c1-12(9-16(22)23)10-19-18(24)15-11-20-21(17(15)13-7-8-13)14-5-3-2-4-6-14/h2-6,11-13H,7-10H2,1H3,(H,19,24)(H,22,23). The van der Waals surface area contributed by atoms with Crippen LogP contribution in [0, 0.1) is 5.92 Å². The molecule has 3 rings (SSSR count). The zero-order valence-corrected chi connectivity index (χ0v) is 13.6. The summed E-state index contributed by atoms with van der Waals surface area (Å²) in [6, 6.07) is 9.77. The first-order valence-electron chi connectivity index (χ1n) is 8.19. The van der Waals surface area contributed by atoms with Gasteiger partial charge in [-0.2, -0.15) is 5.10 Å². The van der Waals surface area contributed by atoms with Gasteiger partial charge in [0.15, 0.2) is 0 Å². The van der Waals surface area contributed by atoms with E-state index in [1.54, 1.807) is 6.20 Å². The molecule has 1 fully saturated rings. The van der Waals surface area contributed by atoms with Gasteiger partial charge in [0, 0.05) is 18.9 Å². The summed E-state index contributed by atoms with van der Waals surface area (Å²) in [6.07, 6.45) is 3.78. The summed E-state index contributed by atoms with van der Waals surface area (Å²) in [7, 11) is 0. The number of rotatable bonds is 7. The molecule has 0 aliphatic heterocycles. The predicted molar refractivity (Wildman–Crippen MR) is 89.3 cm³/mol. The molecular formula is C18H21N3O3. The molecule has 0 bridgehead atoms. The van der Waals surface area contributed by atoms with Crippen molar-refractivity contribution in [2.45, 2.75) is 32.1 Å². The second-order valence-electron chi connectivity index (χ2n) is 6.38. The van der Waals surface area contributed by atoms with Crippen LogP contribution < -0.4 is 5.32 Å². The number of carbonyl (C=O) groups is 2. The average molecular weight is 327 g/mol. The SMILES string of the molecule is CC(CNC(=O)c1cnn(-c2ccccc2)c1C1CC1)CC(=O)O. The monoisotopic (exact) mass is 327 g/mol. The Morgan fingerprint density at radius 1 is 1.33 bits per heavy atom. The molecule has 1 amide bonds. The molecule has 1 aliphatic rings. The Hall–Kier alpha value is -2.63. The molecule has 126 valence electrons. The molecule has 6 heteroatoms. The second-order valence-corrected chi connectivity index (χ2v) is 6.38. The molecule has 2 N–H and O–H groups in total. The molecule has 1 unspecified atom stereocenters. The zero-order chi connectivity index (χ0) is 17.1. The molecule has 0 radical (unpaired) electrons. The highest BCUT2D eigenvalue weighted by atomic mass is 16.4. The number of aliphatic carboxylic acids is 1. The fourth-order valence-corrected chi connectivity index (χ4v) is 2.79. The van der Waals surface area contributed by atoms with Crippen LogP contribution in [0.25, 0.3) is 5.69 Å². The van der Waals surface area contributed by atoms with Crippen molar-refractivity contribution < 1.29 is 14.7 Å². The van der Waals surface area contributed by atoms with Gasteiger partial charge < -0.3 is 10.4 Å². The minimum Gasteiger partial charge on any atom is -0.481 e. The van der Waals surface area contributed by atoms with E-state index in [1.807, 2.05) is 41.9 Å². The zero-order valence-electron chi connectivity index (χ0n) is 13.6. The lowest BCUT2D eigenvalue weighted by Gasteiger charge is -2.12. The van der Waals surface area contributed by atoms with E-state index < -0.39 is 5.97 Å². The first kappa shape index (κ1) is 16.2. The van der Waals surface area contributed by atoms with Gasteiger partial charge in [-0.3, -0.25) is 9.59 Å². The number of benzene rings is 1. The summed E-state index contributed by atoms with van der Waals surface area (Å²) in [5.41, 5.74) is 2.48. The van der Waals surface area contributed by atoms with Gasteiger partial charge in [0.25, 0.3) is 5.91 Å². The van der Waals surface area contributed by atoms with Gasteiger partial charge in [-0.05, 0) is 30.9 Å². The number of amides is 1. The van der Waals surface area contributed by atoms with Crippen molar-refractivity contribution in [2.75, 3.05) is 6.54 Å². The number of carboxylic acid groups (broad SMARTS) is 1. The van der Waals surface area contributed by atoms with Gasteiger partial charge in [0.2, 0.25) is 0 Å². The van der Waals surface area contributed by atoms with Crippen molar-refractivity contribution in [1.82, 2.24) is 15.1 Å². The van der Waals surface area contributed by atoms with Gasteiger partial charge in [0.1, 0.15) is 0 Å². The van der Waals surface area contributed by atoms with E-state index in [4.69, 9.17) is 5.11 Å². The minimum absolute atomic E-state index is 0.0407. The third kappa shape index (κ3) is 3.64. The summed E-state index contributed by atoms with van der Waals surface area (Å²) in [4.78, 5) is 23.2. The Labute approximate surface area is 140 Å². The Balaban J connectivity index is 1.77. The number of hydrogen-bond acceptors (Lipinski definition) is 3. The third-order valence-electron chi connectivity index (χ3n) is 4.15.